The number of fused-ring (bicyclic) bond motifs is 1. The molecule has 2 rings (SSSR count). The highest BCUT2D eigenvalue weighted by Gasteiger charge is 1.97. The quantitative estimate of drug-likeness (QED) is 0.630. The molecule has 0 atom stereocenters. The van der Waals surface area contributed by atoms with Crippen LogP contribution in [0.1, 0.15) is 6.92 Å². The van der Waals surface area contributed by atoms with Crippen LogP contribution in [0.15, 0.2) is 42.5 Å². The van der Waals surface area contributed by atoms with Gasteiger partial charge in [0, 0.05) is 0 Å². The van der Waals surface area contributed by atoms with E-state index in [1.807, 2.05) is 0 Å². The summed E-state index contributed by atoms with van der Waals surface area (Å²) in [4.78, 5) is 0. The van der Waals surface area contributed by atoms with Gasteiger partial charge in [0.05, 0.1) is 9.52 Å². The van der Waals surface area contributed by atoms with Crippen LogP contribution >= 0.6 is 0 Å². The third-order valence-electron chi connectivity index (χ3n) is 2.25. The van der Waals surface area contributed by atoms with Gasteiger partial charge in [-0.1, -0.05) is 60.6 Å². The Morgan fingerprint density at radius 3 is 2.62 bits per heavy atom. The molecule has 1 heteroatoms. The molecule has 0 aliphatic heterocycles. The molecule has 0 aliphatic rings. The van der Waals surface area contributed by atoms with Gasteiger partial charge >= 0.3 is 0 Å². The molecule has 0 heterocycles. The molecule has 0 fully saturated rings. The van der Waals surface area contributed by atoms with E-state index in [1.165, 1.54) is 16.8 Å². The van der Waals surface area contributed by atoms with Crippen LogP contribution in [0.3, 0.4) is 0 Å². The number of hydrogen-bond donors (Lipinski definition) is 0. The van der Waals surface area contributed by atoms with Gasteiger partial charge in [0.25, 0.3) is 0 Å². The Balaban J connectivity index is 2.61. The lowest BCUT2D eigenvalue weighted by Crippen LogP contribution is -2.13. The third kappa shape index (κ3) is 1.65. The highest BCUT2D eigenvalue weighted by atomic mass is 28.2. The van der Waals surface area contributed by atoms with Crippen molar-refractivity contribution in [2.45, 2.75) is 13.0 Å². The SMILES string of the molecule is CC[SiH]c1cccc2ccccc12. The summed E-state index contributed by atoms with van der Waals surface area (Å²) in [6.45, 7) is 2.26. The molecule has 0 amide bonds. The van der Waals surface area contributed by atoms with Crippen molar-refractivity contribution in [1.29, 1.82) is 0 Å². The monoisotopic (exact) mass is 185 g/mol. The van der Waals surface area contributed by atoms with Gasteiger partial charge in [0.15, 0.2) is 0 Å². The molecule has 0 saturated carbocycles. The van der Waals surface area contributed by atoms with Crippen molar-refractivity contribution in [3.8, 4) is 0 Å². The van der Waals surface area contributed by atoms with Crippen LogP contribution in [0.2, 0.25) is 6.04 Å². The van der Waals surface area contributed by atoms with Gasteiger partial charge in [-0.25, -0.2) is 0 Å². The van der Waals surface area contributed by atoms with Crippen LogP contribution < -0.4 is 5.19 Å². The van der Waals surface area contributed by atoms with Gasteiger partial charge in [0.2, 0.25) is 0 Å². The first kappa shape index (κ1) is 8.51. The second kappa shape index (κ2) is 3.75. The maximum atomic E-state index is 2.27. The topological polar surface area (TPSA) is 0 Å². The smallest absolute Gasteiger partial charge is 0.0673 e. The molecule has 2 aromatic carbocycles. The first-order valence-corrected chi connectivity index (χ1v) is 6.12. The zero-order valence-corrected chi connectivity index (χ0v) is 8.98. The molecule has 1 radical (unpaired) electrons. The molecule has 0 aromatic heterocycles. The molecule has 0 spiro atoms. The van der Waals surface area contributed by atoms with E-state index in [9.17, 15) is 0 Å². The fraction of sp³-hybridized carbons (Fsp3) is 0.167. The Hall–Kier alpha value is -1.08. The fourth-order valence-electron chi connectivity index (χ4n) is 1.65. The Labute approximate surface area is 81.4 Å². The fourth-order valence-corrected chi connectivity index (χ4v) is 2.82. The highest BCUT2D eigenvalue weighted by molar-refractivity contribution is 6.56. The standard InChI is InChI=1S/C12H13Si/c1-2-13-12-9-5-7-10-6-3-4-8-11(10)12/h3-9,13H,2H2,1H3. The minimum Gasteiger partial charge on any atom is -0.0679 e. The lowest BCUT2D eigenvalue weighted by molar-refractivity contribution is 1.46. The van der Waals surface area contributed by atoms with E-state index in [4.69, 9.17) is 0 Å². The highest BCUT2D eigenvalue weighted by Crippen LogP contribution is 2.10. The van der Waals surface area contributed by atoms with E-state index in [0.717, 1.165) is 0 Å². The first-order chi connectivity index (χ1) is 6.42. The van der Waals surface area contributed by atoms with Crippen LogP contribution in [0, 0.1) is 0 Å². The van der Waals surface area contributed by atoms with Gasteiger partial charge in [-0.3, -0.25) is 0 Å². The first-order valence-electron chi connectivity index (χ1n) is 4.73. The van der Waals surface area contributed by atoms with Crippen molar-refractivity contribution in [2.75, 3.05) is 0 Å². The van der Waals surface area contributed by atoms with Crippen molar-refractivity contribution >= 4 is 25.5 Å². The van der Waals surface area contributed by atoms with E-state index in [-0.39, 0.29) is 0 Å². The minimum absolute atomic E-state index is 0.459. The Kier molecular flexibility index (Phi) is 2.46. The van der Waals surface area contributed by atoms with Gasteiger partial charge in [-0.05, 0) is 10.8 Å². The Bertz CT molecular complexity index is 401. The molecule has 0 N–H and O–H groups in total. The van der Waals surface area contributed by atoms with Gasteiger partial charge < -0.3 is 0 Å². The molecule has 13 heavy (non-hydrogen) atoms. The maximum absolute atomic E-state index is 2.27. The summed E-state index contributed by atoms with van der Waals surface area (Å²) in [5.41, 5.74) is 0. The Morgan fingerprint density at radius 2 is 1.77 bits per heavy atom. The second-order valence-electron chi connectivity index (χ2n) is 3.18. The molecule has 0 saturated heterocycles. The number of rotatable bonds is 2. The maximum Gasteiger partial charge on any atom is 0.0673 e. The molecule has 2 aromatic rings. The predicted octanol–water partition coefficient (Wildman–Crippen LogP) is 2.34. The van der Waals surface area contributed by atoms with Crippen LogP contribution in [0.4, 0.5) is 0 Å². The molecule has 0 nitrogen and oxygen atoms in total. The summed E-state index contributed by atoms with van der Waals surface area (Å²) in [6, 6.07) is 16.6. The molecule has 0 unspecified atom stereocenters. The minimum atomic E-state index is 0.459. The molecule has 65 valence electrons. The van der Waals surface area contributed by atoms with Crippen LogP contribution in [0.25, 0.3) is 10.8 Å². The second-order valence-corrected chi connectivity index (χ2v) is 5.03. The normalized spacial score (nSPS) is 10.5. The van der Waals surface area contributed by atoms with E-state index in [1.54, 1.807) is 5.19 Å². The van der Waals surface area contributed by atoms with Crippen molar-refractivity contribution in [1.82, 2.24) is 0 Å². The molecular formula is C12H13Si. The average Bonchev–Trinajstić information content (AvgIpc) is 2.19. The van der Waals surface area contributed by atoms with Gasteiger partial charge in [0.1, 0.15) is 0 Å². The summed E-state index contributed by atoms with van der Waals surface area (Å²) in [5, 5.41) is 4.38. The zero-order valence-electron chi connectivity index (χ0n) is 7.83. The van der Waals surface area contributed by atoms with Crippen molar-refractivity contribution in [3.05, 3.63) is 42.5 Å². The summed E-state index contributed by atoms with van der Waals surface area (Å²) in [7, 11) is 0.459. The molecule has 0 bridgehead atoms. The van der Waals surface area contributed by atoms with Crippen molar-refractivity contribution < 1.29 is 0 Å². The van der Waals surface area contributed by atoms with E-state index < -0.39 is 0 Å². The largest absolute Gasteiger partial charge is 0.0679 e. The predicted molar refractivity (Wildman–Crippen MR) is 61.2 cm³/mol. The van der Waals surface area contributed by atoms with E-state index in [2.05, 4.69) is 49.4 Å². The van der Waals surface area contributed by atoms with Gasteiger partial charge in [-0.2, -0.15) is 0 Å². The lowest BCUT2D eigenvalue weighted by Gasteiger charge is -2.03. The van der Waals surface area contributed by atoms with Crippen LogP contribution in [-0.4, -0.2) is 9.52 Å². The summed E-state index contributed by atoms with van der Waals surface area (Å²) in [5.74, 6) is 0. The average molecular weight is 185 g/mol. The van der Waals surface area contributed by atoms with Crippen molar-refractivity contribution in [3.63, 3.8) is 0 Å². The summed E-state index contributed by atoms with van der Waals surface area (Å²) >= 11 is 0. The summed E-state index contributed by atoms with van der Waals surface area (Å²) in [6.07, 6.45) is 0. The Morgan fingerprint density at radius 1 is 1.00 bits per heavy atom. The molecular weight excluding hydrogens is 172 g/mol. The van der Waals surface area contributed by atoms with Crippen LogP contribution in [0.5, 0.6) is 0 Å². The van der Waals surface area contributed by atoms with Crippen LogP contribution in [-0.2, 0) is 0 Å². The van der Waals surface area contributed by atoms with E-state index >= 15 is 0 Å². The lowest BCUT2D eigenvalue weighted by atomic mass is 10.1. The summed E-state index contributed by atoms with van der Waals surface area (Å²) < 4.78 is 0. The number of benzene rings is 2. The van der Waals surface area contributed by atoms with Gasteiger partial charge in [-0.15, -0.1) is 0 Å². The molecule has 0 aliphatic carbocycles. The van der Waals surface area contributed by atoms with Crippen molar-refractivity contribution in [2.24, 2.45) is 0 Å². The zero-order chi connectivity index (χ0) is 9.10. The number of hydrogen-bond acceptors (Lipinski definition) is 0. The third-order valence-corrected chi connectivity index (χ3v) is 3.60. The van der Waals surface area contributed by atoms with E-state index in [0.29, 0.717) is 9.52 Å².